The minimum absolute atomic E-state index is 0.143. The monoisotopic (exact) mass is 344 g/mol. The van der Waals surface area contributed by atoms with Crippen LogP contribution in [0.2, 0.25) is 5.02 Å². The molecule has 0 aliphatic carbocycles. The summed E-state index contributed by atoms with van der Waals surface area (Å²) in [4.78, 5) is 23.7. The summed E-state index contributed by atoms with van der Waals surface area (Å²) in [6.07, 6.45) is 0.167. The van der Waals surface area contributed by atoms with Crippen LogP contribution in [0.1, 0.15) is 22.8 Å². The number of hydrogen-bond donors (Lipinski definition) is 2. The predicted octanol–water partition coefficient (Wildman–Crippen LogP) is 3.03. The summed E-state index contributed by atoms with van der Waals surface area (Å²) >= 11 is 5.81. The number of carbonyl (C=O) groups is 2. The van der Waals surface area contributed by atoms with Gasteiger partial charge in [0.25, 0.3) is 11.8 Å². The maximum atomic E-state index is 12.0. The minimum atomic E-state index is -0.484. The van der Waals surface area contributed by atoms with Crippen LogP contribution >= 0.6 is 11.6 Å². The highest BCUT2D eigenvalue weighted by atomic mass is 35.5. The second-order valence-electron chi connectivity index (χ2n) is 5.59. The Morgan fingerprint density at radius 3 is 2.75 bits per heavy atom. The number of fused-ring (bicyclic) bond motifs is 1. The first-order chi connectivity index (χ1) is 11.5. The molecule has 6 heteroatoms. The van der Waals surface area contributed by atoms with Crippen molar-refractivity contribution in [3.63, 3.8) is 0 Å². The van der Waals surface area contributed by atoms with Gasteiger partial charge in [-0.1, -0.05) is 17.7 Å². The van der Waals surface area contributed by atoms with Gasteiger partial charge in [-0.3, -0.25) is 9.59 Å². The molecule has 1 aliphatic rings. The van der Waals surface area contributed by atoms with Crippen molar-refractivity contribution in [3.8, 4) is 5.75 Å². The summed E-state index contributed by atoms with van der Waals surface area (Å²) in [5, 5.41) is 6.28. The van der Waals surface area contributed by atoms with Gasteiger partial charge in [0, 0.05) is 17.1 Å². The van der Waals surface area contributed by atoms with E-state index in [9.17, 15) is 9.59 Å². The normalized spacial score (nSPS) is 15.9. The molecule has 0 saturated heterocycles. The summed E-state index contributed by atoms with van der Waals surface area (Å²) in [7, 11) is 0. The smallest absolute Gasteiger partial charge is 0.265 e. The molecule has 2 amide bonds. The number of ether oxygens (including phenoxy) is 1. The van der Waals surface area contributed by atoms with Gasteiger partial charge in [0.15, 0.2) is 6.10 Å². The zero-order valence-electron chi connectivity index (χ0n) is 13.1. The van der Waals surface area contributed by atoms with Gasteiger partial charge in [-0.15, -0.1) is 0 Å². The van der Waals surface area contributed by atoms with E-state index in [1.807, 2.05) is 18.2 Å². The lowest BCUT2D eigenvalue weighted by atomic mass is 10.1. The Bertz CT molecular complexity index is 774. The molecule has 2 N–H and O–H groups in total. The molecule has 2 aromatic rings. The van der Waals surface area contributed by atoms with Crippen LogP contribution in [-0.4, -0.2) is 24.5 Å². The molecule has 0 spiro atoms. The highest BCUT2D eigenvalue weighted by Crippen LogP contribution is 2.30. The third kappa shape index (κ3) is 3.68. The molecule has 0 fully saturated rings. The summed E-state index contributed by atoms with van der Waals surface area (Å²) in [6, 6.07) is 12.4. The first-order valence-corrected chi connectivity index (χ1v) is 8.05. The van der Waals surface area contributed by atoms with Crippen molar-refractivity contribution in [2.24, 2.45) is 0 Å². The fraction of sp³-hybridized carbons (Fsp3) is 0.222. The van der Waals surface area contributed by atoms with Crippen LogP contribution in [-0.2, 0) is 11.2 Å². The number of amides is 2. The fourth-order valence-electron chi connectivity index (χ4n) is 2.44. The molecule has 0 radical (unpaired) electrons. The van der Waals surface area contributed by atoms with Gasteiger partial charge in [0.2, 0.25) is 0 Å². The summed E-state index contributed by atoms with van der Waals surface area (Å²) < 4.78 is 5.52. The molecule has 1 atom stereocenters. The summed E-state index contributed by atoms with van der Waals surface area (Å²) in [6.45, 7) is 2.20. The van der Waals surface area contributed by atoms with Gasteiger partial charge in [0.05, 0.1) is 5.69 Å². The van der Waals surface area contributed by atoms with E-state index < -0.39 is 6.10 Å². The van der Waals surface area contributed by atoms with Gasteiger partial charge >= 0.3 is 0 Å². The third-order valence-electron chi connectivity index (χ3n) is 3.78. The van der Waals surface area contributed by atoms with Gasteiger partial charge in [0.1, 0.15) is 5.75 Å². The van der Waals surface area contributed by atoms with Crippen molar-refractivity contribution in [1.29, 1.82) is 0 Å². The molecular weight excluding hydrogens is 328 g/mol. The molecule has 0 aromatic heterocycles. The zero-order chi connectivity index (χ0) is 17.1. The quantitative estimate of drug-likeness (QED) is 0.895. The Kier molecular flexibility index (Phi) is 4.71. The second kappa shape index (κ2) is 6.93. The van der Waals surface area contributed by atoms with Crippen LogP contribution in [0.25, 0.3) is 0 Å². The number of hydrogen-bond acceptors (Lipinski definition) is 3. The molecule has 1 aliphatic heterocycles. The fourth-order valence-corrected chi connectivity index (χ4v) is 2.56. The maximum absolute atomic E-state index is 12.0. The van der Waals surface area contributed by atoms with Crippen molar-refractivity contribution in [3.05, 3.63) is 58.6 Å². The van der Waals surface area contributed by atoms with Crippen molar-refractivity contribution >= 4 is 29.1 Å². The van der Waals surface area contributed by atoms with E-state index in [1.54, 1.807) is 31.2 Å². The van der Waals surface area contributed by atoms with E-state index in [-0.39, 0.29) is 11.8 Å². The Balaban J connectivity index is 1.57. The molecule has 1 unspecified atom stereocenters. The summed E-state index contributed by atoms with van der Waals surface area (Å²) in [5.74, 6) is 0.363. The first kappa shape index (κ1) is 16.3. The topological polar surface area (TPSA) is 67.4 Å². The Morgan fingerprint density at radius 1 is 1.25 bits per heavy atom. The van der Waals surface area contributed by atoms with Crippen LogP contribution in [0.3, 0.4) is 0 Å². The number of rotatable bonds is 4. The largest absolute Gasteiger partial charge is 0.479 e. The molecular formula is C18H17ClN2O3. The minimum Gasteiger partial charge on any atom is -0.479 e. The molecule has 124 valence electrons. The lowest BCUT2D eigenvalue weighted by Crippen LogP contribution is -2.34. The molecule has 0 bridgehead atoms. The number of carbonyl (C=O) groups excluding carboxylic acids is 2. The van der Waals surface area contributed by atoms with Crippen LogP contribution in [0, 0.1) is 0 Å². The van der Waals surface area contributed by atoms with Crippen LogP contribution in [0.5, 0.6) is 5.75 Å². The Hall–Kier alpha value is -2.53. The zero-order valence-corrected chi connectivity index (χ0v) is 13.9. The molecule has 1 heterocycles. The Labute approximate surface area is 145 Å². The number of nitrogens with one attached hydrogen (secondary N) is 2. The second-order valence-corrected chi connectivity index (χ2v) is 6.03. The lowest BCUT2D eigenvalue weighted by Gasteiger charge is -2.23. The van der Waals surface area contributed by atoms with Gasteiger partial charge in [-0.05, 0) is 55.3 Å². The van der Waals surface area contributed by atoms with Crippen LogP contribution in [0.15, 0.2) is 42.5 Å². The standard InChI is InChI=1S/C18H17ClN2O3/c1-11-17(22)21-15-10-12(2-7-16(15)24-11)8-9-20-18(23)13-3-5-14(19)6-4-13/h2-7,10-11H,8-9H2,1H3,(H,20,23)(H,21,22). The van der Waals surface area contributed by atoms with E-state index in [1.165, 1.54) is 0 Å². The van der Waals surface area contributed by atoms with Crippen molar-refractivity contribution < 1.29 is 14.3 Å². The molecule has 2 aromatic carbocycles. The molecule has 3 rings (SSSR count). The van der Waals surface area contributed by atoms with E-state index >= 15 is 0 Å². The lowest BCUT2D eigenvalue weighted by molar-refractivity contribution is -0.122. The van der Waals surface area contributed by atoms with E-state index in [2.05, 4.69) is 10.6 Å². The van der Waals surface area contributed by atoms with Gasteiger partial charge in [-0.25, -0.2) is 0 Å². The van der Waals surface area contributed by atoms with Crippen molar-refractivity contribution in [2.45, 2.75) is 19.4 Å². The molecule has 5 nitrogen and oxygen atoms in total. The SMILES string of the molecule is CC1Oc2ccc(CCNC(=O)c3ccc(Cl)cc3)cc2NC1=O. The predicted molar refractivity (Wildman–Crippen MR) is 92.7 cm³/mol. The first-order valence-electron chi connectivity index (χ1n) is 7.67. The van der Waals surface area contributed by atoms with Crippen molar-refractivity contribution in [1.82, 2.24) is 5.32 Å². The number of anilines is 1. The number of benzene rings is 2. The van der Waals surface area contributed by atoms with E-state index in [4.69, 9.17) is 16.3 Å². The maximum Gasteiger partial charge on any atom is 0.265 e. The van der Waals surface area contributed by atoms with E-state index in [0.717, 1.165) is 5.56 Å². The van der Waals surface area contributed by atoms with Crippen molar-refractivity contribution in [2.75, 3.05) is 11.9 Å². The van der Waals surface area contributed by atoms with E-state index in [0.29, 0.717) is 35.0 Å². The average Bonchev–Trinajstić information content (AvgIpc) is 2.56. The highest BCUT2D eigenvalue weighted by Gasteiger charge is 2.23. The van der Waals surface area contributed by atoms with Gasteiger partial charge in [-0.2, -0.15) is 0 Å². The van der Waals surface area contributed by atoms with Crippen LogP contribution < -0.4 is 15.4 Å². The third-order valence-corrected chi connectivity index (χ3v) is 4.03. The Morgan fingerprint density at radius 2 is 2.00 bits per heavy atom. The molecule has 0 saturated carbocycles. The highest BCUT2D eigenvalue weighted by molar-refractivity contribution is 6.30. The number of halogens is 1. The average molecular weight is 345 g/mol. The molecule has 24 heavy (non-hydrogen) atoms. The van der Waals surface area contributed by atoms with Gasteiger partial charge < -0.3 is 15.4 Å². The summed E-state index contributed by atoms with van der Waals surface area (Å²) in [5.41, 5.74) is 2.24. The van der Waals surface area contributed by atoms with Crippen LogP contribution in [0.4, 0.5) is 5.69 Å².